The van der Waals surface area contributed by atoms with Gasteiger partial charge in [0.1, 0.15) is 17.8 Å². The molecule has 0 radical (unpaired) electrons. The molecule has 0 saturated carbocycles. The molecule has 0 fully saturated rings. The van der Waals surface area contributed by atoms with Crippen LogP contribution in [0.25, 0.3) is 0 Å². The molecule has 0 amide bonds. The monoisotopic (exact) mass is 394 g/mol. The molecule has 2 aromatic rings. The predicted molar refractivity (Wildman–Crippen MR) is 89.4 cm³/mol. The number of rotatable bonds is 7. The van der Waals surface area contributed by atoms with Crippen LogP contribution in [0.15, 0.2) is 46.1 Å². The van der Waals surface area contributed by atoms with E-state index in [1.807, 2.05) is 0 Å². The molecule has 0 aliphatic heterocycles. The van der Waals surface area contributed by atoms with Crippen LogP contribution in [0, 0.1) is 10.1 Å². The first-order valence-electron chi connectivity index (χ1n) is 6.49. The van der Waals surface area contributed by atoms with Gasteiger partial charge in [-0.15, -0.1) is 0 Å². The maximum Gasteiger partial charge on any atom is 0.341 e. The number of benzene rings is 1. The quantitative estimate of drug-likeness (QED) is 0.419. The minimum atomic E-state index is -1.06. The number of carboxylic acid groups (broad SMARTS) is 1. The Morgan fingerprint density at radius 2 is 2.25 bits per heavy atom. The van der Waals surface area contributed by atoms with Crippen molar-refractivity contribution in [2.24, 2.45) is 5.10 Å². The first-order chi connectivity index (χ1) is 11.5. The summed E-state index contributed by atoms with van der Waals surface area (Å²) < 4.78 is 5.67. The summed E-state index contributed by atoms with van der Waals surface area (Å²) in [5.41, 5.74) is 3.26. The van der Waals surface area contributed by atoms with Gasteiger partial charge in [0, 0.05) is 6.07 Å². The molecule has 0 bridgehead atoms. The predicted octanol–water partition coefficient (Wildman–Crippen LogP) is 2.66. The van der Waals surface area contributed by atoms with Crippen LogP contribution < -0.4 is 10.2 Å². The lowest BCUT2D eigenvalue weighted by Crippen LogP contribution is -2.09. The Morgan fingerprint density at radius 3 is 2.83 bits per heavy atom. The van der Waals surface area contributed by atoms with Crippen LogP contribution in [0.5, 0.6) is 5.75 Å². The molecule has 10 heteroatoms. The van der Waals surface area contributed by atoms with Gasteiger partial charge in [-0.25, -0.2) is 9.78 Å². The number of hydrogen-bond donors (Lipinski definition) is 2. The van der Waals surface area contributed by atoms with Crippen LogP contribution in [0.3, 0.4) is 0 Å². The minimum Gasteiger partial charge on any atom is -0.481 e. The summed E-state index contributed by atoms with van der Waals surface area (Å²) in [6.45, 7) is -0.431. The van der Waals surface area contributed by atoms with Crippen molar-refractivity contribution < 1.29 is 19.6 Å². The lowest BCUT2D eigenvalue weighted by Gasteiger charge is -2.06. The SMILES string of the molecule is O=C(O)COc1ccc(C=NNc2ccc([N+](=O)[O-])cn2)cc1Br. The summed E-state index contributed by atoms with van der Waals surface area (Å²) in [6, 6.07) is 7.75. The van der Waals surface area contributed by atoms with Crippen LogP contribution >= 0.6 is 15.9 Å². The van der Waals surface area contributed by atoms with Gasteiger partial charge >= 0.3 is 5.97 Å². The normalized spacial score (nSPS) is 10.5. The van der Waals surface area contributed by atoms with Crippen LogP contribution in [0.2, 0.25) is 0 Å². The standard InChI is InChI=1S/C14H11BrN4O5/c15-11-5-9(1-3-12(11)24-8-14(20)21)6-17-18-13-4-2-10(7-16-13)19(22)23/h1-7H,8H2,(H,16,18)(H,20,21). The maximum atomic E-state index is 10.5. The molecule has 1 heterocycles. The highest BCUT2D eigenvalue weighted by atomic mass is 79.9. The first-order valence-corrected chi connectivity index (χ1v) is 7.28. The summed E-state index contributed by atoms with van der Waals surface area (Å²) in [5.74, 6) is -0.302. The molecular formula is C14H11BrN4O5. The largest absolute Gasteiger partial charge is 0.481 e. The van der Waals surface area contributed by atoms with E-state index in [1.165, 1.54) is 18.3 Å². The molecule has 0 aliphatic carbocycles. The van der Waals surface area contributed by atoms with Crippen molar-refractivity contribution >= 4 is 39.6 Å². The van der Waals surface area contributed by atoms with Gasteiger partial charge in [0.15, 0.2) is 6.61 Å². The van der Waals surface area contributed by atoms with E-state index in [4.69, 9.17) is 9.84 Å². The summed E-state index contributed by atoms with van der Waals surface area (Å²) in [6.07, 6.45) is 2.64. The molecule has 0 saturated heterocycles. The number of nitrogens with zero attached hydrogens (tertiary/aromatic N) is 3. The topological polar surface area (TPSA) is 127 Å². The van der Waals surface area contributed by atoms with E-state index in [2.05, 4.69) is 31.4 Å². The fourth-order valence-electron chi connectivity index (χ4n) is 1.59. The number of nitrogens with one attached hydrogen (secondary N) is 1. The van der Waals surface area contributed by atoms with Gasteiger partial charge in [0.05, 0.1) is 15.6 Å². The van der Waals surface area contributed by atoms with E-state index < -0.39 is 17.5 Å². The Balaban J connectivity index is 1.97. The van der Waals surface area contributed by atoms with E-state index in [1.54, 1.807) is 18.2 Å². The smallest absolute Gasteiger partial charge is 0.341 e. The van der Waals surface area contributed by atoms with Crippen LogP contribution in [0.1, 0.15) is 5.56 Å². The van der Waals surface area contributed by atoms with E-state index in [9.17, 15) is 14.9 Å². The summed E-state index contributed by atoms with van der Waals surface area (Å²) in [5, 5.41) is 23.1. The van der Waals surface area contributed by atoms with Crippen molar-refractivity contribution in [2.75, 3.05) is 12.0 Å². The average molecular weight is 395 g/mol. The summed E-state index contributed by atoms with van der Waals surface area (Å²) in [7, 11) is 0. The van der Waals surface area contributed by atoms with Gasteiger partial charge in [-0.2, -0.15) is 5.10 Å². The van der Waals surface area contributed by atoms with Gasteiger partial charge < -0.3 is 9.84 Å². The molecule has 0 atom stereocenters. The van der Waals surface area contributed by atoms with Crippen LogP contribution in [-0.4, -0.2) is 33.8 Å². The molecule has 0 spiro atoms. The Hall–Kier alpha value is -3.01. The van der Waals surface area contributed by atoms with Crippen molar-refractivity contribution in [3.63, 3.8) is 0 Å². The number of pyridine rings is 1. The number of aromatic nitrogens is 1. The second kappa shape index (κ2) is 8.02. The molecule has 0 unspecified atom stereocenters. The number of halogens is 1. The Labute approximate surface area is 144 Å². The van der Waals surface area contributed by atoms with Gasteiger partial charge in [-0.05, 0) is 45.8 Å². The molecule has 24 heavy (non-hydrogen) atoms. The minimum absolute atomic E-state index is 0.106. The van der Waals surface area contributed by atoms with E-state index in [0.29, 0.717) is 16.0 Å². The second-order valence-electron chi connectivity index (χ2n) is 4.40. The number of ether oxygens (including phenoxy) is 1. The van der Waals surface area contributed by atoms with E-state index >= 15 is 0 Å². The second-order valence-corrected chi connectivity index (χ2v) is 5.26. The Kier molecular flexibility index (Phi) is 5.79. The number of anilines is 1. The van der Waals surface area contributed by atoms with Crippen molar-refractivity contribution in [3.8, 4) is 5.75 Å². The maximum absolute atomic E-state index is 10.5. The Morgan fingerprint density at radius 1 is 1.46 bits per heavy atom. The number of hydrazone groups is 1. The van der Waals surface area contributed by atoms with Gasteiger partial charge in [0.2, 0.25) is 0 Å². The highest BCUT2D eigenvalue weighted by Gasteiger charge is 2.05. The zero-order valence-electron chi connectivity index (χ0n) is 12.0. The van der Waals surface area contributed by atoms with Crippen molar-refractivity contribution in [3.05, 3.63) is 56.7 Å². The van der Waals surface area contributed by atoms with Gasteiger partial charge in [-0.3, -0.25) is 15.5 Å². The number of hydrogen-bond acceptors (Lipinski definition) is 7. The van der Waals surface area contributed by atoms with Crippen LogP contribution in [-0.2, 0) is 4.79 Å². The van der Waals surface area contributed by atoms with Crippen LogP contribution in [0.4, 0.5) is 11.5 Å². The zero-order chi connectivity index (χ0) is 17.5. The average Bonchev–Trinajstić information content (AvgIpc) is 2.54. The molecular weight excluding hydrogens is 384 g/mol. The molecule has 9 nitrogen and oxygen atoms in total. The fourth-order valence-corrected chi connectivity index (χ4v) is 2.10. The number of carbonyl (C=O) groups is 1. The molecule has 1 aromatic heterocycles. The number of nitro groups is 1. The number of aliphatic carboxylic acids is 1. The third-order valence-corrected chi connectivity index (χ3v) is 3.28. The van der Waals surface area contributed by atoms with E-state index in [-0.39, 0.29) is 5.69 Å². The van der Waals surface area contributed by atoms with E-state index in [0.717, 1.165) is 11.8 Å². The summed E-state index contributed by atoms with van der Waals surface area (Å²) in [4.78, 5) is 24.3. The highest BCUT2D eigenvalue weighted by Crippen LogP contribution is 2.25. The zero-order valence-corrected chi connectivity index (χ0v) is 13.6. The molecule has 0 aliphatic rings. The fraction of sp³-hybridized carbons (Fsp3) is 0.0714. The lowest BCUT2D eigenvalue weighted by molar-refractivity contribution is -0.385. The Bertz CT molecular complexity index is 779. The third kappa shape index (κ3) is 5.02. The summed E-state index contributed by atoms with van der Waals surface area (Å²) >= 11 is 3.28. The van der Waals surface area contributed by atoms with Gasteiger partial charge in [0.25, 0.3) is 5.69 Å². The molecule has 124 valence electrons. The van der Waals surface area contributed by atoms with Crippen molar-refractivity contribution in [1.29, 1.82) is 0 Å². The van der Waals surface area contributed by atoms with Crippen molar-refractivity contribution in [2.45, 2.75) is 0 Å². The lowest BCUT2D eigenvalue weighted by atomic mass is 10.2. The highest BCUT2D eigenvalue weighted by molar-refractivity contribution is 9.10. The number of carboxylic acids is 1. The van der Waals surface area contributed by atoms with Gasteiger partial charge in [-0.1, -0.05) is 0 Å². The first kappa shape index (κ1) is 17.3. The molecule has 1 aromatic carbocycles. The third-order valence-electron chi connectivity index (χ3n) is 2.66. The van der Waals surface area contributed by atoms with Crippen molar-refractivity contribution in [1.82, 2.24) is 4.98 Å². The molecule has 2 rings (SSSR count). The molecule has 2 N–H and O–H groups in total.